The first-order valence-electron chi connectivity index (χ1n) is 5.48. The van der Waals surface area contributed by atoms with Crippen LogP contribution in [0.2, 0.25) is 0 Å². The van der Waals surface area contributed by atoms with E-state index in [0.29, 0.717) is 13.2 Å². The van der Waals surface area contributed by atoms with Gasteiger partial charge in [0.05, 0.1) is 19.8 Å². The summed E-state index contributed by atoms with van der Waals surface area (Å²) in [5.74, 6) is -0.0786. The Balaban J connectivity index is 1.91. The molecule has 0 spiro atoms. The van der Waals surface area contributed by atoms with Gasteiger partial charge in [-0.15, -0.1) is 0 Å². The first-order valence-corrected chi connectivity index (χ1v) is 7.06. The summed E-state index contributed by atoms with van der Waals surface area (Å²) in [5.41, 5.74) is 0.589. The summed E-state index contributed by atoms with van der Waals surface area (Å²) >= 11 is 0. The van der Waals surface area contributed by atoms with Crippen molar-refractivity contribution in [3.05, 3.63) is 35.9 Å². The predicted octanol–water partition coefficient (Wildman–Crippen LogP) is 1.57. The van der Waals surface area contributed by atoms with E-state index in [1.165, 1.54) is 0 Å². The summed E-state index contributed by atoms with van der Waals surface area (Å²) in [6.07, 6.45) is 0. The van der Waals surface area contributed by atoms with Crippen LogP contribution in [-0.4, -0.2) is 28.2 Å². The molecular formula is C12H16O4S. The Bertz CT molecular complexity index is 463. The molecule has 0 unspecified atom stereocenters. The number of hydrogen-bond acceptors (Lipinski definition) is 4. The number of rotatable bonds is 5. The molecule has 5 heteroatoms. The van der Waals surface area contributed by atoms with Crippen LogP contribution in [0.15, 0.2) is 30.3 Å². The molecule has 0 aliphatic carbocycles. The Labute approximate surface area is 102 Å². The summed E-state index contributed by atoms with van der Waals surface area (Å²) in [4.78, 5) is 0. The summed E-state index contributed by atoms with van der Waals surface area (Å²) < 4.78 is 33.5. The van der Waals surface area contributed by atoms with Crippen molar-refractivity contribution in [3.8, 4) is 0 Å². The second-order valence-corrected chi connectivity index (χ2v) is 6.39. The lowest BCUT2D eigenvalue weighted by molar-refractivity contribution is -0.119. The molecule has 1 aromatic carbocycles. The maximum absolute atomic E-state index is 11.7. The highest BCUT2D eigenvalue weighted by Crippen LogP contribution is 2.27. The summed E-state index contributed by atoms with van der Waals surface area (Å²) in [6, 6.07) is 9.02. The molecule has 2 rings (SSSR count). The second kappa shape index (κ2) is 4.76. The van der Waals surface area contributed by atoms with Crippen molar-refractivity contribution in [2.45, 2.75) is 12.7 Å². The van der Waals surface area contributed by atoms with Crippen LogP contribution < -0.4 is 0 Å². The molecule has 0 amide bonds. The molecule has 0 radical (unpaired) electrons. The van der Waals surface area contributed by atoms with Crippen molar-refractivity contribution in [3.63, 3.8) is 0 Å². The maximum atomic E-state index is 11.7. The van der Waals surface area contributed by atoms with Crippen molar-refractivity contribution < 1.29 is 17.3 Å². The highest BCUT2D eigenvalue weighted by atomic mass is 32.2. The third-order valence-electron chi connectivity index (χ3n) is 2.67. The minimum absolute atomic E-state index is 0.0786. The maximum Gasteiger partial charge on any atom is 0.271 e. The van der Waals surface area contributed by atoms with Gasteiger partial charge < -0.3 is 4.74 Å². The van der Waals surface area contributed by atoms with Crippen LogP contribution in [0.5, 0.6) is 0 Å². The Morgan fingerprint density at radius 2 is 1.94 bits per heavy atom. The van der Waals surface area contributed by atoms with Crippen LogP contribution in [0.3, 0.4) is 0 Å². The van der Waals surface area contributed by atoms with Crippen LogP contribution in [0.25, 0.3) is 0 Å². The predicted molar refractivity (Wildman–Crippen MR) is 63.9 cm³/mol. The van der Waals surface area contributed by atoms with E-state index in [1.807, 2.05) is 25.1 Å². The van der Waals surface area contributed by atoms with Gasteiger partial charge in [0, 0.05) is 5.41 Å². The normalized spacial score (nSPS) is 18.6. The molecule has 1 saturated heterocycles. The summed E-state index contributed by atoms with van der Waals surface area (Å²) in [7, 11) is -3.50. The third-order valence-corrected chi connectivity index (χ3v) is 3.84. The molecule has 0 bridgehead atoms. The molecule has 0 saturated carbocycles. The van der Waals surface area contributed by atoms with Crippen molar-refractivity contribution in [2.75, 3.05) is 19.8 Å². The first-order chi connectivity index (χ1) is 7.99. The minimum atomic E-state index is -3.50. The van der Waals surface area contributed by atoms with E-state index >= 15 is 0 Å². The average Bonchev–Trinajstić information content (AvgIpc) is 2.25. The molecular weight excluding hydrogens is 240 g/mol. The first kappa shape index (κ1) is 12.5. The third kappa shape index (κ3) is 3.52. The minimum Gasteiger partial charge on any atom is -0.380 e. The Kier molecular flexibility index (Phi) is 3.51. The number of ether oxygens (including phenoxy) is 1. The Morgan fingerprint density at radius 1 is 1.29 bits per heavy atom. The standard InChI is InChI=1S/C12H16O4S/c1-12(8-15-9-12)10-16-17(13,14)7-11-5-3-2-4-6-11/h2-6H,7-10H2,1H3. The second-order valence-electron chi connectivity index (χ2n) is 4.75. The number of benzene rings is 1. The molecule has 1 aromatic rings. The van der Waals surface area contributed by atoms with Crippen LogP contribution in [-0.2, 0) is 24.8 Å². The van der Waals surface area contributed by atoms with E-state index in [0.717, 1.165) is 5.56 Å². The fourth-order valence-electron chi connectivity index (χ4n) is 1.59. The molecule has 0 aromatic heterocycles. The fraction of sp³-hybridized carbons (Fsp3) is 0.500. The molecule has 0 N–H and O–H groups in total. The fourth-order valence-corrected chi connectivity index (χ4v) is 2.73. The van der Waals surface area contributed by atoms with Gasteiger partial charge in [0.15, 0.2) is 0 Å². The van der Waals surface area contributed by atoms with Gasteiger partial charge in [-0.3, -0.25) is 4.18 Å². The molecule has 4 nitrogen and oxygen atoms in total. The van der Waals surface area contributed by atoms with Crippen LogP contribution >= 0.6 is 0 Å². The van der Waals surface area contributed by atoms with E-state index in [1.54, 1.807) is 12.1 Å². The van der Waals surface area contributed by atoms with Gasteiger partial charge in [-0.1, -0.05) is 37.3 Å². The number of hydrogen-bond donors (Lipinski definition) is 0. The van der Waals surface area contributed by atoms with Crippen molar-refractivity contribution in [1.29, 1.82) is 0 Å². The zero-order chi connectivity index (χ0) is 12.4. The molecule has 0 atom stereocenters. The van der Waals surface area contributed by atoms with Crippen LogP contribution in [0.1, 0.15) is 12.5 Å². The molecule has 1 fully saturated rings. The molecule has 94 valence electrons. The van der Waals surface area contributed by atoms with Gasteiger partial charge in [0.25, 0.3) is 10.1 Å². The molecule has 1 aliphatic rings. The van der Waals surface area contributed by atoms with E-state index in [4.69, 9.17) is 8.92 Å². The highest BCUT2D eigenvalue weighted by molar-refractivity contribution is 7.85. The van der Waals surface area contributed by atoms with Crippen molar-refractivity contribution >= 4 is 10.1 Å². The van der Waals surface area contributed by atoms with Gasteiger partial charge in [-0.25, -0.2) is 0 Å². The van der Waals surface area contributed by atoms with Crippen LogP contribution in [0.4, 0.5) is 0 Å². The van der Waals surface area contributed by atoms with E-state index in [-0.39, 0.29) is 17.8 Å². The molecule has 17 heavy (non-hydrogen) atoms. The lowest BCUT2D eigenvalue weighted by Crippen LogP contribution is -2.44. The molecule has 1 aliphatic heterocycles. The summed E-state index contributed by atoms with van der Waals surface area (Å²) in [6.45, 7) is 3.28. The quantitative estimate of drug-likeness (QED) is 0.750. The van der Waals surface area contributed by atoms with Crippen molar-refractivity contribution in [1.82, 2.24) is 0 Å². The van der Waals surface area contributed by atoms with Gasteiger partial charge in [-0.2, -0.15) is 8.42 Å². The van der Waals surface area contributed by atoms with Gasteiger partial charge >= 0.3 is 0 Å². The van der Waals surface area contributed by atoms with E-state index in [9.17, 15) is 8.42 Å². The highest BCUT2D eigenvalue weighted by Gasteiger charge is 2.35. The summed E-state index contributed by atoms with van der Waals surface area (Å²) in [5, 5.41) is 0. The van der Waals surface area contributed by atoms with Gasteiger partial charge in [0.1, 0.15) is 5.75 Å². The lowest BCUT2D eigenvalue weighted by Gasteiger charge is -2.37. The zero-order valence-corrected chi connectivity index (χ0v) is 10.6. The SMILES string of the molecule is CC1(COS(=O)(=O)Cc2ccccc2)COC1. The molecule has 1 heterocycles. The topological polar surface area (TPSA) is 52.6 Å². The van der Waals surface area contributed by atoms with E-state index < -0.39 is 10.1 Å². The van der Waals surface area contributed by atoms with Gasteiger partial charge in [-0.05, 0) is 5.56 Å². The smallest absolute Gasteiger partial charge is 0.271 e. The van der Waals surface area contributed by atoms with Gasteiger partial charge in [0.2, 0.25) is 0 Å². The largest absolute Gasteiger partial charge is 0.380 e. The average molecular weight is 256 g/mol. The van der Waals surface area contributed by atoms with E-state index in [2.05, 4.69) is 0 Å². The monoisotopic (exact) mass is 256 g/mol. The lowest BCUT2D eigenvalue weighted by atomic mass is 9.90. The van der Waals surface area contributed by atoms with Crippen LogP contribution in [0, 0.1) is 5.41 Å². The Morgan fingerprint density at radius 3 is 2.47 bits per heavy atom. The van der Waals surface area contributed by atoms with Crippen molar-refractivity contribution in [2.24, 2.45) is 5.41 Å². The Hall–Kier alpha value is -0.910. The zero-order valence-electron chi connectivity index (χ0n) is 9.76.